The van der Waals surface area contributed by atoms with E-state index in [0.717, 1.165) is 47.2 Å². The zero-order valence-corrected chi connectivity index (χ0v) is 22.6. The number of thioether (sulfide) groups is 1. The Morgan fingerprint density at radius 1 is 0.947 bits per heavy atom. The maximum absolute atomic E-state index is 13.5. The molecule has 0 bridgehead atoms. The maximum atomic E-state index is 13.5. The molecule has 0 radical (unpaired) electrons. The van der Waals surface area contributed by atoms with E-state index in [-0.39, 0.29) is 17.9 Å². The summed E-state index contributed by atoms with van der Waals surface area (Å²) in [5.41, 5.74) is 4.80. The number of nitrogens with zero attached hydrogens (tertiary/aromatic N) is 2. The second-order valence-electron chi connectivity index (χ2n) is 9.17. The molecule has 0 N–H and O–H groups in total. The van der Waals surface area contributed by atoms with Gasteiger partial charge < -0.3 is 0 Å². The Balaban J connectivity index is 1.45. The first kappa shape index (κ1) is 26.7. The molecule has 1 aliphatic carbocycles. The minimum atomic E-state index is -2.47. The predicted octanol–water partition coefficient (Wildman–Crippen LogP) is 9.14. The van der Waals surface area contributed by atoms with Gasteiger partial charge >= 0.3 is 0 Å². The SMILES string of the molecule is O=C(/C=C/c1ccc(SC(F)F)cc1)N1N=C2/C(=C\c3ccc(Cl)cc3)CCC[C@H]2[C@@H]1c1ccc(Cl)cc1. The fraction of sp³-hybridized carbons (Fsp3) is 0.200. The van der Waals surface area contributed by atoms with Gasteiger partial charge in [0.1, 0.15) is 0 Å². The molecule has 38 heavy (non-hydrogen) atoms. The van der Waals surface area contributed by atoms with Gasteiger partial charge in [-0.2, -0.15) is 13.9 Å². The van der Waals surface area contributed by atoms with Crippen LogP contribution in [0.3, 0.4) is 0 Å². The lowest BCUT2D eigenvalue weighted by atomic mass is 9.77. The Kier molecular flexibility index (Phi) is 8.32. The summed E-state index contributed by atoms with van der Waals surface area (Å²) >= 11 is 12.7. The van der Waals surface area contributed by atoms with Crippen LogP contribution in [0.25, 0.3) is 12.2 Å². The van der Waals surface area contributed by atoms with Gasteiger partial charge in [-0.15, -0.1) is 0 Å². The normalized spacial score (nSPS) is 20.3. The van der Waals surface area contributed by atoms with E-state index in [1.165, 1.54) is 6.08 Å². The summed E-state index contributed by atoms with van der Waals surface area (Å²) in [7, 11) is 0. The van der Waals surface area contributed by atoms with Crippen LogP contribution < -0.4 is 0 Å². The van der Waals surface area contributed by atoms with E-state index in [9.17, 15) is 13.6 Å². The van der Waals surface area contributed by atoms with Crippen molar-refractivity contribution in [2.75, 3.05) is 0 Å². The maximum Gasteiger partial charge on any atom is 0.288 e. The van der Waals surface area contributed by atoms with E-state index >= 15 is 0 Å². The van der Waals surface area contributed by atoms with E-state index in [1.807, 2.05) is 48.5 Å². The van der Waals surface area contributed by atoms with Crippen molar-refractivity contribution in [1.82, 2.24) is 5.01 Å². The summed E-state index contributed by atoms with van der Waals surface area (Å²) in [6, 6.07) is 21.7. The first-order chi connectivity index (χ1) is 18.4. The Hall–Kier alpha value is -2.93. The molecule has 0 spiro atoms. The molecule has 0 aromatic heterocycles. The van der Waals surface area contributed by atoms with Gasteiger partial charge in [0.05, 0.1) is 11.8 Å². The van der Waals surface area contributed by atoms with Crippen LogP contribution in [0.4, 0.5) is 8.78 Å². The van der Waals surface area contributed by atoms with Gasteiger partial charge in [0.25, 0.3) is 11.7 Å². The predicted molar refractivity (Wildman–Crippen MR) is 153 cm³/mol. The molecule has 1 heterocycles. The lowest BCUT2D eigenvalue weighted by molar-refractivity contribution is -0.128. The number of hydrazone groups is 1. The van der Waals surface area contributed by atoms with Crippen molar-refractivity contribution in [3.05, 3.63) is 111 Å². The molecular formula is C30H24Cl2F2N2OS. The zero-order valence-electron chi connectivity index (χ0n) is 20.2. The summed E-state index contributed by atoms with van der Waals surface area (Å²) < 4.78 is 25.2. The number of carbonyl (C=O) groups excluding carboxylic acids is 1. The highest BCUT2D eigenvalue weighted by atomic mass is 35.5. The quantitative estimate of drug-likeness (QED) is 0.219. The number of carbonyl (C=O) groups is 1. The number of fused-ring (bicyclic) bond motifs is 1. The fourth-order valence-corrected chi connectivity index (χ4v) is 5.69. The van der Waals surface area contributed by atoms with Gasteiger partial charge in [-0.05, 0) is 90.1 Å². The van der Waals surface area contributed by atoms with Crippen LogP contribution >= 0.6 is 35.0 Å². The van der Waals surface area contributed by atoms with Crippen molar-refractivity contribution in [2.45, 2.75) is 36.0 Å². The minimum Gasteiger partial charge on any atom is -0.268 e. The lowest BCUT2D eigenvalue weighted by Crippen LogP contribution is -2.30. The van der Waals surface area contributed by atoms with Crippen LogP contribution in [-0.4, -0.2) is 22.4 Å². The molecule has 1 saturated carbocycles. The number of alkyl halides is 2. The first-order valence-electron chi connectivity index (χ1n) is 12.2. The fourth-order valence-electron chi connectivity index (χ4n) is 4.94. The highest BCUT2D eigenvalue weighted by molar-refractivity contribution is 7.99. The van der Waals surface area contributed by atoms with Crippen molar-refractivity contribution in [3.63, 3.8) is 0 Å². The average Bonchev–Trinajstić information content (AvgIpc) is 3.30. The van der Waals surface area contributed by atoms with E-state index in [4.69, 9.17) is 28.3 Å². The average molecular weight is 570 g/mol. The number of allylic oxidation sites excluding steroid dienone is 1. The van der Waals surface area contributed by atoms with Crippen LogP contribution in [0.2, 0.25) is 10.0 Å². The number of benzene rings is 3. The number of amides is 1. The number of hydrogen-bond acceptors (Lipinski definition) is 3. The van der Waals surface area contributed by atoms with Crippen LogP contribution in [0, 0.1) is 5.92 Å². The number of halogens is 4. The monoisotopic (exact) mass is 568 g/mol. The third-order valence-electron chi connectivity index (χ3n) is 6.67. The van der Waals surface area contributed by atoms with Crippen molar-refractivity contribution >= 4 is 58.7 Å². The second-order valence-corrected chi connectivity index (χ2v) is 11.1. The van der Waals surface area contributed by atoms with Gasteiger partial charge in [0.2, 0.25) is 0 Å². The topological polar surface area (TPSA) is 32.7 Å². The third-order valence-corrected chi connectivity index (χ3v) is 7.90. The van der Waals surface area contributed by atoms with E-state index in [1.54, 1.807) is 35.4 Å². The summed E-state index contributed by atoms with van der Waals surface area (Å²) in [5.74, 6) is -2.66. The van der Waals surface area contributed by atoms with Gasteiger partial charge in [-0.1, -0.05) is 71.4 Å². The molecule has 1 aliphatic heterocycles. The molecule has 0 unspecified atom stereocenters. The molecule has 1 fully saturated rings. The van der Waals surface area contributed by atoms with Gasteiger partial charge in [-0.25, -0.2) is 5.01 Å². The summed E-state index contributed by atoms with van der Waals surface area (Å²) in [5, 5.41) is 7.76. The van der Waals surface area contributed by atoms with Crippen molar-refractivity contribution in [3.8, 4) is 0 Å². The summed E-state index contributed by atoms with van der Waals surface area (Å²) in [6.45, 7) is 0. The molecule has 1 amide bonds. The molecule has 5 rings (SSSR count). The van der Waals surface area contributed by atoms with E-state index in [0.29, 0.717) is 26.7 Å². The molecule has 3 aromatic carbocycles. The van der Waals surface area contributed by atoms with Gasteiger partial charge in [-0.3, -0.25) is 4.79 Å². The number of rotatable bonds is 6. The number of hydrogen-bond donors (Lipinski definition) is 0. The molecule has 2 atom stereocenters. The van der Waals surface area contributed by atoms with Crippen molar-refractivity contribution < 1.29 is 13.6 Å². The molecule has 194 valence electrons. The van der Waals surface area contributed by atoms with Crippen LogP contribution in [0.1, 0.15) is 42.0 Å². The van der Waals surface area contributed by atoms with Crippen molar-refractivity contribution in [2.24, 2.45) is 11.0 Å². The van der Waals surface area contributed by atoms with Gasteiger partial charge in [0.15, 0.2) is 0 Å². The molecule has 3 aromatic rings. The minimum absolute atomic E-state index is 0.0616. The first-order valence-corrected chi connectivity index (χ1v) is 13.9. The highest BCUT2D eigenvalue weighted by Gasteiger charge is 2.43. The standard InChI is InChI=1S/C30H24Cl2F2N2OS/c31-23-11-4-20(5-12-23)18-22-2-1-3-26-28(22)35-36(29(26)21-9-13-24(32)14-10-21)27(37)17-8-19-6-15-25(16-7-19)38-30(33)34/h4-18,26,29-30H,1-3H2/b17-8+,22-18-/t26-,29+/m1/s1. The van der Waals surface area contributed by atoms with E-state index in [2.05, 4.69) is 6.08 Å². The highest BCUT2D eigenvalue weighted by Crippen LogP contribution is 2.44. The largest absolute Gasteiger partial charge is 0.288 e. The van der Waals surface area contributed by atoms with Crippen LogP contribution in [0.15, 0.2) is 94.4 Å². The Bertz CT molecular complexity index is 1390. The second kappa shape index (κ2) is 11.9. The third kappa shape index (κ3) is 6.20. The molecule has 2 aliphatic rings. The Morgan fingerprint density at radius 2 is 1.58 bits per heavy atom. The Morgan fingerprint density at radius 3 is 2.24 bits per heavy atom. The molecule has 3 nitrogen and oxygen atoms in total. The van der Waals surface area contributed by atoms with Gasteiger partial charge in [0, 0.05) is 26.9 Å². The van der Waals surface area contributed by atoms with Crippen LogP contribution in [-0.2, 0) is 4.79 Å². The lowest BCUT2D eigenvalue weighted by Gasteiger charge is -2.29. The van der Waals surface area contributed by atoms with Crippen LogP contribution in [0.5, 0.6) is 0 Å². The molecule has 0 saturated heterocycles. The smallest absolute Gasteiger partial charge is 0.268 e. The van der Waals surface area contributed by atoms with E-state index < -0.39 is 5.76 Å². The summed E-state index contributed by atoms with van der Waals surface area (Å²) in [4.78, 5) is 14.0. The molecule has 8 heteroatoms. The molecular weight excluding hydrogens is 545 g/mol. The van der Waals surface area contributed by atoms with Crippen molar-refractivity contribution in [1.29, 1.82) is 0 Å². The summed E-state index contributed by atoms with van der Waals surface area (Å²) in [6.07, 6.45) is 8.09. The Labute approximate surface area is 234 Å². The zero-order chi connectivity index (χ0) is 26.6.